The second-order valence-corrected chi connectivity index (χ2v) is 9.71. The lowest BCUT2D eigenvalue weighted by atomic mass is 9.36. The van der Waals surface area contributed by atoms with E-state index >= 15 is 0 Å². The molecule has 5 saturated carbocycles. The molecule has 5 nitrogen and oxygen atoms in total. The van der Waals surface area contributed by atoms with Crippen LogP contribution in [0.1, 0.15) is 58.8 Å². The Kier molecular flexibility index (Phi) is 4.19. The number of hydrogen-bond acceptors (Lipinski definition) is 5. The maximum Gasteiger partial charge on any atom is 0.302 e. The fourth-order valence-electron chi connectivity index (χ4n) is 7.22. The zero-order valence-corrected chi connectivity index (χ0v) is 16.4. The van der Waals surface area contributed by atoms with Gasteiger partial charge in [-0.05, 0) is 60.8 Å². The van der Waals surface area contributed by atoms with Gasteiger partial charge >= 0.3 is 5.97 Å². The van der Waals surface area contributed by atoms with Crippen molar-refractivity contribution in [3.05, 3.63) is 12.2 Å². The van der Waals surface area contributed by atoms with Gasteiger partial charge in [-0.2, -0.15) is 0 Å². The molecule has 148 valence electrons. The van der Waals surface area contributed by atoms with Gasteiger partial charge in [0.2, 0.25) is 0 Å². The van der Waals surface area contributed by atoms with Gasteiger partial charge in [0.15, 0.2) is 5.78 Å². The second kappa shape index (κ2) is 6.00. The molecule has 0 heterocycles. The van der Waals surface area contributed by atoms with Gasteiger partial charge in [0.25, 0.3) is 0 Å². The number of fused-ring (bicyclic) bond motifs is 3. The summed E-state index contributed by atoms with van der Waals surface area (Å²) in [6.07, 6.45) is 5.12. The third-order valence-corrected chi connectivity index (χ3v) is 8.60. The smallest absolute Gasteiger partial charge is 0.302 e. The van der Waals surface area contributed by atoms with Gasteiger partial charge in [0.05, 0.1) is 12.0 Å². The van der Waals surface area contributed by atoms with Crippen LogP contribution in [-0.2, 0) is 19.1 Å². The Balaban J connectivity index is 1.86. The van der Waals surface area contributed by atoms with Crippen molar-refractivity contribution in [3.8, 4) is 0 Å². The van der Waals surface area contributed by atoms with Gasteiger partial charge in [0, 0.05) is 25.4 Å². The molecule has 0 aromatic heterocycles. The van der Waals surface area contributed by atoms with E-state index in [1.807, 2.05) is 6.92 Å². The standard InChI is InChI=1S/C22H30O5/c1-13-15-5-8-22(19(13)26)17(9-15)21(12-27-14(2)24)7-4-6-20(3,11-23)16(21)10-18(22)25/h15-17,23H,1,4-12H2,2-3H3/t15-,16?,17?,20-,21-,22+/m0/s1. The van der Waals surface area contributed by atoms with Gasteiger partial charge in [-0.15, -0.1) is 0 Å². The van der Waals surface area contributed by atoms with E-state index in [0.29, 0.717) is 18.4 Å². The molecule has 5 aliphatic rings. The molecule has 0 radical (unpaired) electrons. The van der Waals surface area contributed by atoms with Gasteiger partial charge < -0.3 is 9.84 Å². The highest BCUT2D eigenvalue weighted by atomic mass is 16.5. The van der Waals surface area contributed by atoms with Crippen molar-refractivity contribution < 1.29 is 24.2 Å². The first-order chi connectivity index (χ1) is 12.7. The predicted molar refractivity (Wildman–Crippen MR) is 98.6 cm³/mol. The predicted octanol–water partition coefficient (Wildman–Crippen LogP) is 2.85. The average Bonchev–Trinajstić information content (AvgIpc) is 2.65. The number of rotatable bonds is 3. The minimum absolute atomic E-state index is 0.0105. The quantitative estimate of drug-likeness (QED) is 0.467. The van der Waals surface area contributed by atoms with Crippen LogP contribution in [0, 0.1) is 34.0 Å². The first-order valence-electron chi connectivity index (χ1n) is 10.2. The van der Waals surface area contributed by atoms with Crippen LogP contribution in [0.15, 0.2) is 12.2 Å². The lowest BCUT2D eigenvalue weighted by Gasteiger charge is -2.66. The molecule has 5 aliphatic carbocycles. The maximum atomic E-state index is 13.4. The summed E-state index contributed by atoms with van der Waals surface area (Å²) < 4.78 is 5.56. The van der Waals surface area contributed by atoms with Crippen molar-refractivity contribution in [2.24, 2.45) is 34.0 Å². The summed E-state index contributed by atoms with van der Waals surface area (Å²) in [5.41, 5.74) is -1.15. The highest BCUT2D eigenvalue weighted by Crippen LogP contribution is 2.70. The number of ketones is 2. The largest absolute Gasteiger partial charge is 0.465 e. The molecular weight excluding hydrogens is 344 g/mol. The van der Waals surface area contributed by atoms with Crippen LogP contribution in [0.4, 0.5) is 0 Å². The van der Waals surface area contributed by atoms with Crippen molar-refractivity contribution in [3.63, 3.8) is 0 Å². The van der Waals surface area contributed by atoms with Gasteiger partial charge in [-0.3, -0.25) is 14.4 Å². The molecule has 0 amide bonds. The monoisotopic (exact) mass is 374 g/mol. The molecule has 1 spiro atoms. The molecule has 0 saturated heterocycles. The van der Waals surface area contributed by atoms with E-state index in [4.69, 9.17) is 4.74 Å². The SMILES string of the molecule is C=C1C(=O)[C@]23CC[C@H]1CC2[C@]1(COC(C)=O)CCC[C@@](C)(CO)C1CC3=O. The Morgan fingerprint density at radius 2 is 2.00 bits per heavy atom. The molecule has 5 rings (SSSR count). The number of carbonyl (C=O) groups excluding carboxylic acids is 3. The molecule has 6 atom stereocenters. The van der Waals surface area contributed by atoms with Crippen molar-refractivity contribution in [2.45, 2.75) is 58.8 Å². The van der Waals surface area contributed by atoms with E-state index in [2.05, 4.69) is 6.58 Å². The summed E-state index contributed by atoms with van der Waals surface area (Å²) in [4.78, 5) is 38.4. The fraction of sp³-hybridized carbons (Fsp3) is 0.773. The Morgan fingerprint density at radius 3 is 2.67 bits per heavy atom. The highest BCUT2D eigenvalue weighted by Gasteiger charge is 2.71. The van der Waals surface area contributed by atoms with Crippen LogP contribution < -0.4 is 0 Å². The minimum Gasteiger partial charge on any atom is -0.465 e. The summed E-state index contributed by atoms with van der Waals surface area (Å²) in [6.45, 7) is 7.73. The first-order valence-corrected chi connectivity index (χ1v) is 10.2. The Morgan fingerprint density at radius 1 is 1.26 bits per heavy atom. The first kappa shape index (κ1) is 18.9. The molecule has 1 N–H and O–H groups in total. The summed E-state index contributed by atoms with van der Waals surface area (Å²) in [5.74, 6) is -0.404. The molecule has 0 aromatic rings. The van der Waals surface area contributed by atoms with Gasteiger partial charge in [-0.1, -0.05) is 19.9 Å². The molecule has 2 unspecified atom stereocenters. The number of aliphatic hydroxyl groups is 1. The summed E-state index contributed by atoms with van der Waals surface area (Å²) in [7, 11) is 0. The topological polar surface area (TPSA) is 80.7 Å². The normalized spacial score (nSPS) is 46.0. The number of carbonyl (C=O) groups is 3. The molecule has 0 aliphatic heterocycles. The summed E-state index contributed by atoms with van der Waals surface area (Å²) >= 11 is 0. The maximum absolute atomic E-state index is 13.4. The summed E-state index contributed by atoms with van der Waals surface area (Å²) in [6, 6.07) is 0. The van der Waals surface area contributed by atoms with E-state index in [1.54, 1.807) is 0 Å². The second-order valence-electron chi connectivity index (χ2n) is 9.71. The highest BCUT2D eigenvalue weighted by molar-refractivity contribution is 6.16. The number of hydrogen-bond donors (Lipinski definition) is 1. The van der Waals surface area contributed by atoms with E-state index in [1.165, 1.54) is 6.92 Å². The minimum atomic E-state index is -0.976. The van der Waals surface area contributed by atoms with Crippen LogP contribution in [-0.4, -0.2) is 35.9 Å². The number of esters is 1. The lowest BCUT2D eigenvalue weighted by molar-refractivity contribution is -0.205. The van der Waals surface area contributed by atoms with Crippen LogP contribution in [0.5, 0.6) is 0 Å². The van der Waals surface area contributed by atoms with E-state index in [0.717, 1.165) is 32.1 Å². The van der Waals surface area contributed by atoms with E-state index in [-0.39, 0.29) is 53.9 Å². The number of aliphatic hydroxyl groups excluding tert-OH is 1. The third kappa shape index (κ3) is 2.30. The van der Waals surface area contributed by atoms with E-state index in [9.17, 15) is 19.5 Å². The molecule has 2 bridgehead atoms. The van der Waals surface area contributed by atoms with Gasteiger partial charge in [0.1, 0.15) is 5.78 Å². The molecule has 27 heavy (non-hydrogen) atoms. The zero-order chi connectivity index (χ0) is 19.6. The zero-order valence-electron chi connectivity index (χ0n) is 16.4. The Labute approximate surface area is 160 Å². The fourth-order valence-corrected chi connectivity index (χ4v) is 7.22. The van der Waals surface area contributed by atoms with Crippen molar-refractivity contribution in [1.82, 2.24) is 0 Å². The Hall–Kier alpha value is -1.49. The molecular formula is C22H30O5. The lowest BCUT2D eigenvalue weighted by Crippen LogP contribution is -2.69. The Bertz CT molecular complexity index is 726. The van der Waals surface area contributed by atoms with Crippen LogP contribution in [0.2, 0.25) is 0 Å². The van der Waals surface area contributed by atoms with Crippen LogP contribution >= 0.6 is 0 Å². The van der Waals surface area contributed by atoms with Crippen molar-refractivity contribution in [2.75, 3.05) is 13.2 Å². The third-order valence-electron chi connectivity index (χ3n) is 8.60. The van der Waals surface area contributed by atoms with Crippen LogP contribution in [0.25, 0.3) is 0 Å². The molecule has 0 aromatic carbocycles. The molecule has 5 fully saturated rings. The van der Waals surface area contributed by atoms with Gasteiger partial charge in [-0.25, -0.2) is 0 Å². The number of allylic oxidation sites excluding steroid dienone is 1. The van der Waals surface area contributed by atoms with Crippen molar-refractivity contribution in [1.29, 1.82) is 0 Å². The number of Topliss-reactive ketones (excluding diaryl/α,β-unsaturated/α-hetero) is 2. The summed E-state index contributed by atoms with van der Waals surface area (Å²) in [5, 5.41) is 10.2. The van der Waals surface area contributed by atoms with E-state index < -0.39 is 10.8 Å². The van der Waals surface area contributed by atoms with Crippen LogP contribution in [0.3, 0.4) is 0 Å². The molecule has 5 heteroatoms. The van der Waals surface area contributed by atoms with Crippen molar-refractivity contribution >= 4 is 17.5 Å². The average molecular weight is 374 g/mol. The number of ether oxygens (including phenoxy) is 1.